The molecule has 0 saturated heterocycles. The van der Waals surface area contributed by atoms with E-state index in [4.69, 9.17) is 4.74 Å². The molecule has 11 nitrogen and oxygen atoms in total. The van der Waals surface area contributed by atoms with Crippen LogP contribution in [0.4, 0.5) is 21.5 Å². The average molecular weight is 492 g/mol. The molecule has 33 heavy (non-hydrogen) atoms. The largest absolute Gasteiger partial charge is 0.452 e. The minimum atomic E-state index is -1.07. The number of hydrogen-bond acceptors (Lipinski definition) is 10. The number of benzene rings is 2. The molecule has 0 bridgehead atoms. The summed E-state index contributed by atoms with van der Waals surface area (Å²) in [5.41, 5.74) is -0.612. The lowest BCUT2D eigenvalue weighted by Crippen LogP contribution is -2.21. The average Bonchev–Trinajstić information content (AvgIpc) is 3.17. The van der Waals surface area contributed by atoms with Crippen molar-refractivity contribution >= 4 is 52.0 Å². The number of non-ortho nitro benzene ring substituents is 1. The Morgan fingerprint density at radius 1 is 1.18 bits per heavy atom. The zero-order chi connectivity index (χ0) is 24.1. The van der Waals surface area contributed by atoms with Gasteiger partial charge in [-0.05, 0) is 25.1 Å². The van der Waals surface area contributed by atoms with Crippen LogP contribution in [-0.4, -0.2) is 33.3 Å². The predicted molar refractivity (Wildman–Crippen MR) is 116 cm³/mol. The van der Waals surface area contributed by atoms with Crippen LogP contribution >= 0.6 is 23.1 Å². The van der Waals surface area contributed by atoms with Crippen LogP contribution in [0.5, 0.6) is 0 Å². The van der Waals surface area contributed by atoms with Gasteiger partial charge in [-0.15, -0.1) is 11.3 Å². The standard InChI is InChI=1S/C19H13FN4O7S2/c1-10-9-32-19(21-10)33-16-5-3-12(23(27)28)7-13(16)18(26)31-8-17(25)22-11-2-4-14(20)15(6-11)24(29)30/h2-7,9H,8H2,1H3,(H,22,25). The fourth-order valence-electron chi connectivity index (χ4n) is 2.49. The molecule has 0 unspecified atom stereocenters. The van der Waals surface area contributed by atoms with Gasteiger partial charge in [-0.1, -0.05) is 11.8 Å². The maximum Gasteiger partial charge on any atom is 0.340 e. The molecule has 0 atom stereocenters. The molecular formula is C19H13FN4O7S2. The summed E-state index contributed by atoms with van der Waals surface area (Å²) in [5, 5.41) is 26.0. The highest BCUT2D eigenvalue weighted by Crippen LogP contribution is 2.34. The molecule has 1 heterocycles. The summed E-state index contributed by atoms with van der Waals surface area (Å²) in [6.45, 7) is 1.01. The third kappa shape index (κ3) is 6.08. The number of thiazole rings is 1. The predicted octanol–water partition coefficient (Wildman–Crippen LogP) is 4.35. The lowest BCUT2D eigenvalue weighted by Gasteiger charge is -2.09. The van der Waals surface area contributed by atoms with Crippen molar-refractivity contribution in [3.8, 4) is 0 Å². The number of nitro groups is 2. The smallest absolute Gasteiger partial charge is 0.340 e. The van der Waals surface area contributed by atoms with Crippen LogP contribution in [0.3, 0.4) is 0 Å². The van der Waals surface area contributed by atoms with Crippen molar-refractivity contribution in [3.05, 3.63) is 79.1 Å². The number of carbonyl (C=O) groups excluding carboxylic acids is 2. The molecule has 3 aromatic rings. The van der Waals surface area contributed by atoms with Gasteiger partial charge in [-0.3, -0.25) is 25.0 Å². The lowest BCUT2D eigenvalue weighted by atomic mass is 10.2. The van der Waals surface area contributed by atoms with Crippen LogP contribution < -0.4 is 5.32 Å². The fourth-order valence-corrected chi connectivity index (χ4v) is 4.38. The molecule has 0 spiro atoms. The Labute approximate surface area is 192 Å². The van der Waals surface area contributed by atoms with Crippen LogP contribution in [0.15, 0.2) is 51.0 Å². The summed E-state index contributed by atoms with van der Waals surface area (Å²) in [4.78, 5) is 49.6. The van der Waals surface area contributed by atoms with Gasteiger partial charge >= 0.3 is 11.7 Å². The van der Waals surface area contributed by atoms with Crippen LogP contribution in [0.1, 0.15) is 16.1 Å². The quantitative estimate of drug-likeness (QED) is 0.274. The van der Waals surface area contributed by atoms with E-state index in [1.165, 1.54) is 23.5 Å². The Balaban J connectivity index is 1.73. The summed E-state index contributed by atoms with van der Waals surface area (Å²) in [7, 11) is 0. The summed E-state index contributed by atoms with van der Waals surface area (Å²) >= 11 is 2.44. The zero-order valence-corrected chi connectivity index (χ0v) is 18.3. The van der Waals surface area contributed by atoms with E-state index in [0.717, 1.165) is 41.7 Å². The van der Waals surface area contributed by atoms with Crippen molar-refractivity contribution in [1.82, 2.24) is 4.98 Å². The minimum Gasteiger partial charge on any atom is -0.452 e. The number of nitrogens with zero attached hydrogens (tertiary/aromatic N) is 3. The van der Waals surface area contributed by atoms with Crippen molar-refractivity contribution in [3.63, 3.8) is 0 Å². The Kier molecular flexibility index (Phi) is 7.30. The van der Waals surface area contributed by atoms with Gasteiger partial charge in [0.25, 0.3) is 11.6 Å². The number of hydrogen-bond donors (Lipinski definition) is 1. The summed E-state index contributed by atoms with van der Waals surface area (Å²) in [5.74, 6) is -2.91. The lowest BCUT2D eigenvalue weighted by molar-refractivity contribution is -0.387. The molecule has 0 radical (unpaired) electrons. The van der Waals surface area contributed by atoms with E-state index in [9.17, 15) is 34.2 Å². The second kappa shape index (κ2) is 10.1. The van der Waals surface area contributed by atoms with Gasteiger partial charge in [0.2, 0.25) is 5.82 Å². The molecule has 2 aromatic carbocycles. The number of nitrogens with one attached hydrogen (secondary N) is 1. The third-order valence-corrected chi connectivity index (χ3v) is 6.08. The molecule has 0 aliphatic carbocycles. The number of amides is 1. The van der Waals surface area contributed by atoms with Crippen molar-refractivity contribution in [2.24, 2.45) is 0 Å². The van der Waals surface area contributed by atoms with Gasteiger partial charge in [0.1, 0.15) is 0 Å². The fraction of sp³-hybridized carbons (Fsp3) is 0.105. The first-order chi connectivity index (χ1) is 15.6. The van der Waals surface area contributed by atoms with Gasteiger partial charge in [-0.25, -0.2) is 9.78 Å². The Bertz CT molecular complexity index is 1260. The maximum absolute atomic E-state index is 13.4. The van der Waals surface area contributed by atoms with Crippen molar-refractivity contribution in [2.75, 3.05) is 11.9 Å². The second-order valence-electron chi connectivity index (χ2n) is 6.34. The van der Waals surface area contributed by atoms with Crippen molar-refractivity contribution in [1.29, 1.82) is 0 Å². The highest BCUT2D eigenvalue weighted by Gasteiger charge is 2.21. The van der Waals surface area contributed by atoms with Gasteiger partial charge in [0.15, 0.2) is 10.9 Å². The molecule has 0 aliphatic rings. The number of nitro benzene ring substituents is 2. The van der Waals surface area contributed by atoms with E-state index in [2.05, 4.69) is 10.3 Å². The number of aromatic nitrogens is 1. The maximum atomic E-state index is 13.4. The first kappa shape index (κ1) is 23.7. The molecule has 1 amide bonds. The first-order valence-electron chi connectivity index (χ1n) is 8.93. The van der Waals surface area contributed by atoms with E-state index in [1.54, 1.807) is 12.3 Å². The van der Waals surface area contributed by atoms with Crippen LogP contribution in [-0.2, 0) is 9.53 Å². The topological polar surface area (TPSA) is 155 Å². The van der Waals surface area contributed by atoms with Gasteiger partial charge in [0.05, 0.1) is 15.4 Å². The van der Waals surface area contributed by atoms with E-state index >= 15 is 0 Å². The van der Waals surface area contributed by atoms with Crippen LogP contribution in [0.25, 0.3) is 0 Å². The second-order valence-corrected chi connectivity index (χ2v) is 8.49. The molecule has 0 saturated carbocycles. The zero-order valence-electron chi connectivity index (χ0n) is 16.6. The normalized spacial score (nSPS) is 10.5. The number of carbonyl (C=O) groups is 2. The molecule has 1 aromatic heterocycles. The summed E-state index contributed by atoms with van der Waals surface area (Å²) in [6.07, 6.45) is 0. The summed E-state index contributed by atoms with van der Waals surface area (Å²) < 4.78 is 19.0. The number of ether oxygens (including phenoxy) is 1. The molecule has 14 heteroatoms. The molecule has 0 fully saturated rings. The molecule has 0 aliphatic heterocycles. The van der Waals surface area contributed by atoms with E-state index in [-0.39, 0.29) is 16.9 Å². The van der Waals surface area contributed by atoms with E-state index < -0.39 is 39.8 Å². The van der Waals surface area contributed by atoms with Gasteiger partial charge in [0, 0.05) is 39.9 Å². The minimum absolute atomic E-state index is 0.0742. The van der Waals surface area contributed by atoms with Crippen molar-refractivity contribution in [2.45, 2.75) is 16.2 Å². The SMILES string of the molecule is Cc1csc(Sc2ccc([N+](=O)[O-])cc2C(=O)OCC(=O)Nc2ccc(F)c([N+](=O)[O-])c2)n1. The monoisotopic (exact) mass is 492 g/mol. The number of rotatable bonds is 8. The number of esters is 1. The Morgan fingerprint density at radius 3 is 2.58 bits per heavy atom. The molecule has 170 valence electrons. The van der Waals surface area contributed by atoms with E-state index in [0.29, 0.717) is 9.24 Å². The molecule has 3 rings (SSSR count). The Morgan fingerprint density at radius 2 is 1.94 bits per heavy atom. The number of aryl methyl sites for hydroxylation is 1. The Hall–Kier alpha value is -3.91. The van der Waals surface area contributed by atoms with Crippen LogP contribution in [0, 0.1) is 33.0 Å². The third-order valence-electron chi connectivity index (χ3n) is 3.95. The molecule has 1 N–H and O–H groups in total. The summed E-state index contributed by atoms with van der Waals surface area (Å²) in [6, 6.07) is 6.38. The number of anilines is 1. The van der Waals surface area contributed by atoms with Crippen LogP contribution in [0.2, 0.25) is 0 Å². The van der Waals surface area contributed by atoms with E-state index in [1.807, 2.05) is 0 Å². The number of halogens is 1. The highest BCUT2D eigenvalue weighted by atomic mass is 32.2. The van der Waals surface area contributed by atoms with Gasteiger partial charge in [-0.2, -0.15) is 4.39 Å². The molecular weight excluding hydrogens is 479 g/mol. The van der Waals surface area contributed by atoms with Gasteiger partial charge < -0.3 is 10.1 Å². The van der Waals surface area contributed by atoms with Crippen molar-refractivity contribution < 1.29 is 28.6 Å². The first-order valence-corrected chi connectivity index (χ1v) is 10.6. The highest BCUT2D eigenvalue weighted by molar-refractivity contribution is 8.01.